The third-order valence-corrected chi connectivity index (χ3v) is 7.87. The van der Waals surface area contributed by atoms with E-state index < -0.39 is 9.84 Å². The van der Waals surface area contributed by atoms with Gasteiger partial charge in [0.15, 0.2) is 15.5 Å². The molecule has 2 saturated heterocycles. The first kappa shape index (κ1) is 21.7. The number of rotatable bonds is 5. The standard InChI is InChI=1S/C22H30N4O4S/c1-16(2)20-14-18(23-26(20)17-8-13-31(28,29)15-17)22(27)25-11-9-24(10-12-25)19-6-4-5-7-21(19)30-3/h4-7,14,16-17H,8-13,15H2,1-3H3/t17-/m1/s1. The number of piperazine rings is 1. The summed E-state index contributed by atoms with van der Waals surface area (Å²) in [5, 5.41) is 4.59. The van der Waals surface area contributed by atoms with Crippen molar-refractivity contribution in [3.8, 4) is 5.75 Å². The van der Waals surface area contributed by atoms with Crippen LogP contribution in [-0.2, 0) is 9.84 Å². The zero-order valence-electron chi connectivity index (χ0n) is 18.3. The van der Waals surface area contributed by atoms with Crippen molar-refractivity contribution in [2.24, 2.45) is 0 Å². The number of benzene rings is 1. The second-order valence-electron chi connectivity index (χ2n) is 8.56. The number of para-hydroxylation sites is 2. The van der Waals surface area contributed by atoms with Crippen LogP contribution in [0.25, 0.3) is 0 Å². The van der Waals surface area contributed by atoms with Gasteiger partial charge in [-0.2, -0.15) is 5.10 Å². The summed E-state index contributed by atoms with van der Waals surface area (Å²) in [5.41, 5.74) is 2.35. The molecule has 0 spiro atoms. The number of amides is 1. The lowest BCUT2D eigenvalue weighted by Crippen LogP contribution is -2.49. The van der Waals surface area contributed by atoms with Crippen LogP contribution in [0.3, 0.4) is 0 Å². The van der Waals surface area contributed by atoms with Crippen LogP contribution in [0.2, 0.25) is 0 Å². The molecule has 1 atom stereocenters. The first-order valence-corrected chi connectivity index (χ1v) is 12.6. The molecule has 0 N–H and O–H groups in total. The fraction of sp³-hybridized carbons (Fsp3) is 0.545. The van der Waals surface area contributed by atoms with Crippen molar-refractivity contribution >= 4 is 21.4 Å². The predicted octanol–water partition coefficient (Wildman–Crippen LogP) is 2.34. The van der Waals surface area contributed by atoms with E-state index in [1.165, 1.54) is 0 Å². The van der Waals surface area contributed by atoms with E-state index in [0.29, 0.717) is 38.3 Å². The number of aromatic nitrogens is 2. The highest BCUT2D eigenvalue weighted by Crippen LogP contribution is 2.30. The minimum Gasteiger partial charge on any atom is -0.495 e. The van der Waals surface area contributed by atoms with Crippen LogP contribution in [0.15, 0.2) is 30.3 Å². The highest BCUT2D eigenvalue weighted by Gasteiger charge is 2.33. The smallest absolute Gasteiger partial charge is 0.274 e. The van der Waals surface area contributed by atoms with Crippen molar-refractivity contribution in [1.29, 1.82) is 0 Å². The summed E-state index contributed by atoms with van der Waals surface area (Å²) in [7, 11) is -1.36. The molecule has 1 amide bonds. The van der Waals surface area contributed by atoms with Gasteiger partial charge in [0.05, 0.1) is 30.3 Å². The van der Waals surface area contributed by atoms with Crippen molar-refractivity contribution in [3.05, 3.63) is 41.7 Å². The van der Waals surface area contributed by atoms with Gasteiger partial charge in [-0.25, -0.2) is 8.42 Å². The largest absolute Gasteiger partial charge is 0.495 e. The maximum atomic E-state index is 13.2. The van der Waals surface area contributed by atoms with E-state index >= 15 is 0 Å². The molecule has 0 saturated carbocycles. The molecule has 3 heterocycles. The molecule has 31 heavy (non-hydrogen) atoms. The van der Waals surface area contributed by atoms with Gasteiger partial charge in [0.25, 0.3) is 5.91 Å². The average molecular weight is 447 g/mol. The van der Waals surface area contributed by atoms with Gasteiger partial charge in [0, 0.05) is 31.9 Å². The number of ether oxygens (including phenoxy) is 1. The Hall–Kier alpha value is -2.55. The van der Waals surface area contributed by atoms with Crippen LogP contribution in [-0.4, -0.2) is 73.8 Å². The highest BCUT2D eigenvalue weighted by molar-refractivity contribution is 7.91. The van der Waals surface area contributed by atoms with Gasteiger partial charge in [0.1, 0.15) is 5.75 Å². The van der Waals surface area contributed by atoms with Gasteiger partial charge < -0.3 is 14.5 Å². The molecule has 0 radical (unpaired) electrons. The molecule has 8 nitrogen and oxygen atoms in total. The van der Waals surface area contributed by atoms with Crippen molar-refractivity contribution in [3.63, 3.8) is 0 Å². The summed E-state index contributed by atoms with van der Waals surface area (Å²) in [6, 6.07) is 9.55. The third-order valence-electron chi connectivity index (χ3n) is 6.12. The molecule has 1 aromatic heterocycles. The van der Waals surface area contributed by atoms with Crippen LogP contribution >= 0.6 is 0 Å². The summed E-state index contributed by atoms with van der Waals surface area (Å²) in [6.45, 7) is 6.70. The molecule has 0 bridgehead atoms. The highest BCUT2D eigenvalue weighted by atomic mass is 32.2. The monoisotopic (exact) mass is 446 g/mol. The van der Waals surface area contributed by atoms with Crippen LogP contribution in [0.1, 0.15) is 48.4 Å². The van der Waals surface area contributed by atoms with E-state index in [1.54, 1.807) is 11.8 Å². The molecule has 2 fully saturated rings. The molecular weight excluding hydrogens is 416 g/mol. The van der Waals surface area contributed by atoms with Crippen molar-refractivity contribution in [2.45, 2.75) is 32.2 Å². The summed E-state index contributed by atoms with van der Waals surface area (Å²) < 4.78 is 31.1. The summed E-state index contributed by atoms with van der Waals surface area (Å²) in [4.78, 5) is 17.2. The SMILES string of the molecule is COc1ccccc1N1CCN(C(=O)c2cc(C(C)C)n([C@@H]3CCS(=O)(=O)C3)n2)CC1. The Morgan fingerprint density at radius 3 is 2.48 bits per heavy atom. The van der Waals surface area contributed by atoms with Gasteiger partial charge in [0.2, 0.25) is 0 Å². The fourth-order valence-electron chi connectivity index (χ4n) is 4.41. The predicted molar refractivity (Wildman–Crippen MR) is 120 cm³/mol. The van der Waals surface area contributed by atoms with Gasteiger partial charge in [-0.15, -0.1) is 0 Å². The van der Waals surface area contributed by atoms with Crippen molar-refractivity contribution < 1.29 is 17.9 Å². The van der Waals surface area contributed by atoms with Crippen molar-refractivity contribution in [1.82, 2.24) is 14.7 Å². The van der Waals surface area contributed by atoms with Crippen molar-refractivity contribution in [2.75, 3.05) is 49.7 Å². The Morgan fingerprint density at radius 1 is 1.16 bits per heavy atom. The molecule has 4 rings (SSSR count). The fourth-order valence-corrected chi connectivity index (χ4v) is 6.10. The lowest BCUT2D eigenvalue weighted by Gasteiger charge is -2.36. The zero-order chi connectivity index (χ0) is 22.2. The first-order valence-electron chi connectivity index (χ1n) is 10.8. The number of carbonyl (C=O) groups excluding carboxylic acids is 1. The third kappa shape index (κ3) is 4.42. The number of hydrogen-bond donors (Lipinski definition) is 0. The number of carbonyl (C=O) groups is 1. The minimum atomic E-state index is -3.03. The Bertz CT molecular complexity index is 1060. The maximum absolute atomic E-state index is 13.2. The Balaban J connectivity index is 1.48. The number of nitrogens with zero attached hydrogens (tertiary/aromatic N) is 4. The first-order chi connectivity index (χ1) is 14.8. The Kier molecular flexibility index (Phi) is 5.96. The van der Waals surface area contributed by atoms with Gasteiger partial charge >= 0.3 is 0 Å². The number of methoxy groups -OCH3 is 1. The van der Waals surface area contributed by atoms with Crippen LogP contribution in [0.4, 0.5) is 5.69 Å². The zero-order valence-corrected chi connectivity index (χ0v) is 19.1. The van der Waals surface area contributed by atoms with E-state index in [-0.39, 0.29) is 29.4 Å². The molecule has 0 aliphatic carbocycles. The molecule has 9 heteroatoms. The number of anilines is 1. The van der Waals surface area contributed by atoms with E-state index in [0.717, 1.165) is 17.1 Å². The van der Waals surface area contributed by atoms with E-state index in [9.17, 15) is 13.2 Å². The van der Waals surface area contributed by atoms with Crippen LogP contribution < -0.4 is 9.64 Å². The van der Waals surface area contributed by atoms with Crippen LogP contribution in [0, 0.1) is 0 Å². The lowest BCUT2D eigenvalue weighted by molar-refractivity contribution is 0.0739. The van der Waals surface area contributed by atoms with Crippen LogP contribution in [0.5, 0.6) is 5.75 Å². The second-order valence-corrected chi connectivity index (χ2v) is 10.8. The Labute approximate surface area is 183 Å². The average Bonchev–Trinajstić information content (AvgIpc) is 3.37. The Morgan fingerprint density at radius 2 is 1.87 bits per heavy atom. The van der Waals surface area contributed by atoms with Gasteiger partial charge in [-0.05, 0) is 30.5 Å². The molecule has 168 valence electrons. The molecule has 0 unspecified atom stereocenters. The number of sulfone groups is 1. The second kappa shape index (κ2) is 8.53. The van der Waals surface area contributed by atoms with Gasteiger partial charge in [-0.3, -0.25) is 9.48 Å². The summed E-state index contributed by atoms with van der Waals surface area (Å²) >= 11 is 0. The topological polar surface area (TPSA) is 84.7 Å². The normalized spacial score (nSPS) is 21.0. The molecule has 2 aliphatic heterocycles. The summed E-state index contributed by atoms with van der Waals surface area (Å²) in [5.74, 6) is 1.16. The van der Waals surface area contributed by atoms with E-state index in [2.05, 4.69) is 10.00 Å². The van der Waals surface area contributed by atoms with E-state index in [1.807, 2.05) is 49.1 Å². The molecular formula is C22H30N4O4S. The molecule has 1 aromatic carbocycles. The maximum Gasteiger partial charge on any atom is 0.274 e. The number of hydrogen-bond acceptors (Lipinski definition) is 6. The minimum absolute atomic E-state index is 0.0961. The summed E-state index contributed by atoms with van der Waals surface area (Å²) in [6.07, 6.45) is 0.551. The molecule has 2 aromatic rings. The van der Waals surface area contributed by atoms with Gasteiger partial charge in [-0.1, -0.05) is 26.0 Å². The van der Waals surface area contributed by atoms with E-state index in [4.69, 9.17) is 4.74 Å². The quantitative estimate of drug-likeness (QED) is 0.701. The molecule has 2 aliphatic rings. The lowest BCUT2D eigenvalue weighted by atomic mass is 10.1.